The Hall–Kier alpha value is -1.33. The summed E-state index contributed by atoms with van der Waals surface area (Å²) in [6.45, 7) is 1.44. The molecule has 0 atom stereocenters. The number of nitrogens with two attached hydrogens (primary N) is 1. The molecule has 0 aromatic carbocycles. The predicted octanol–water partition coefficient (Wildman–Crippen LogP) is 0.980. The van der Waals surface area contributed by atoms with E-state index in [1.54, 1.807) is 12.3 Å². The second kappa shape index (κ2) is 4.89. The maximum absolute atomic E-state index is 9.45. The van der Waals surface area contributed by atoms with E-state index in [1.807, 2.05) is 4.90 Å². The molecule has 2 heterocycles. The third-order valence-corrected chi connectivity index (χ3v) is 3.30. The average molecular weight is 255 g/mol. The van der Waals surface area contributed by atoms with E-state index in [2.05, 4.69) is 4.98 Å². The topological polar surface area (TPSA) is 86.2 Å². The lowest BCUT2D eigenvalue weighted by Crippen LogP contribution is -2.36. The summed E-state index contributed by atoms with van der Waals surface area (Å²) in [4.78, 5) is 6.25. The van der Waals surface area contributed by atoms with Crippen molar-refractivity contribution >= 4 is 23.3 Å². The molecule has 0 bridgehead atoms. The average Bonchev–Trinajstić information content (AvgIpc) is 2.30. The largest absolute Gasteiger partial charge is 0.393 e. The zero-order chi connectivity index (χ0) is 12.4. The van der Waals surface area contributed by atoms with Crippen LogP contribution in [-0.2, 0) is 0 Å². The van der Waals surface area contributed by atoms with E-state index in [0.717, 1.165) is 13.1 Å². The van der Waals surface area contributed by atoms with Crippen molar-refractivity contribution in [1.82, 2.24) is 4.98 Å². The monoisotopic (exact) mass is 254 g/mol. The van der Waals surface area contributed by atoms with Crippen LogP contribution < -0.4 is 10.6 Å². The number of nitrogens with one attached hydrogen (secondary N) is 1. The van der Waals surface area contributed by atoms with Crippen LogP contribution in [0.3, 0.4) is 0 Å². The molecule has 0 amide bonds. The van der Waals surface area contributed by atoms with Gasteiger partial charge in [0, 0.05) is 24.8 Å². The summed E-state index contributed by atoms with van der Waals surface area (Å²) in [5, 5.41) is 17.3. The van der Waals surface area contributed by atoms with Gasteiger partial charge in [0.1, 0.15) is 11.7 Å². The van der Waals surface area contributed by atoms with E-state index in [1.165, 1.54) is 0 Å². The molecule has 5 nitrogen and oxygen atoms in total. The molecule has 1 saturated heterocycles. The molecule has 0 saturated carbocycles. The Morgan fingerprint density at radius 3 is 2.76 bits per heavy atom. The summed E-state index contributed by atoms with van der Waals surface area (Å²) in [7, 11) is 0. The Morgan fingerprint density at radius 2 is 2.18 bits per heavy atom. The summed E-state index contributed by atoms with van der Waals surface area (Å²) in [5.41, 5.74) is 5.95. The van der Waals surface area contributed by atoms with Crippen LogP contribution in [0.1, 0.15) is 18.4 Å². The maximum atomic E-state index is 9.45. The van der Waals surface area contributed by atoms with Crippen molar-refractivity contribution in [2.45, 2.75) is 18.9 Å². The van der Waals surface area contributed by atoms with Gasteiger partial charge in [-0.2, -0.15) is 0 Å². The summed E-state index contributed by atoms with van der Waals surface area (Å²) < 4.78 is 0. The molecule has 0 spiro atoms. The fourth-order valence-corrected chi connectivity index (χ4v) is 2.27. The number of amidine groups is 1. The molecule has 6 heteroatoms. The highest BCUT2D eigenvalue weighted by molar-refractivity contribution is 6.36. The molecule has 1 fully saturated rings. The molecule has 2 rings (SSSR count). The molecule has 1 aromatic rings. The standard InChI is InChI=1S/C11H15ClN4O/c12-9-8(10(13)14)1-4-15-11(9)16-5-2-7(17)3-6-16/h1,4,7,17H,2-3,5-6H2,(H3,13,14). The van der Waals surface area contributed by atoms with Gasteiger partial charge in [-0.3, -0.25) is 5.41 Å². The van der Waals surface area contributed by atoms with Crippen LogP contribution in [0.5, 0.6) is 0 Å². The fraction of sp³-hybridized carbons (Fsp3) is 0.455. The number of hydrogen-bond donors (Lipinski definition) is 3. The summed E-state index contributed by atoms with van der Waals surface area (Å²) in [6, 6.07) is 1.63. The quantitative estimate of drug-likeness (QED) is 0.542. The SMILES string of the molecule is N=C(N)c1ccnc(N2CCC(O)CC2)c1Cl. The minimum absolute atomic E-state index is 0.0595. The first kappa shape index (κ1) is 12.1. The molecule has 92 valence electrons. The van der Waals surface area contributed by atoms with E-state index in [-0.39, 0.29) is 11.9 Å². The van der Waals surface area contributed by atoms with E-state index in [0.29, 0.717) is 29.2 Å². The zero-order valence-electron chi connectivity index (χ0n) is 9.36. The number of aliphatic hydroxyl groups is 1. The van der Waals surface area contributed by atoms with Crippen molar-refractivity contribution in [2.75, 3.05) is 18.0 Å². The zero-order valence-corrected chi connectivity index (χ0v) is 10.1. The Morgan fingerprint density at radius 1 is 1.53 bits per heavy atom. The number of anilines is 1. The van der Waals surface area contributed by atoms with Crippen molar-refractivity contribution in [3.63, 3.8) is 0 Å². The Balaban J connectivity index is 2.27. The maximum Gasteiger partial charge on any atom is 0.148 e. The second-order valence-corrected chi connectivity index (χ2v) is 4.51. The number of rotatable bonds is 2. The Kier molecular flexibility index (Phi) is 3.49. The Labute approximate surface area is 105 Å². The third kappa shape index (κ3) is 2.50. The lowest BCUT2D eigenvalue weighted by molar-refractivity contribution is 0.145. The molecular weight excluding hydrogens is 240 g/mol. The molecule has 0 unspecified atom stereocenters. The lowest BCUT2D eigenvalue weighted by Gasteiger charge is -2.31. The first-order valence-corrected chi connectivity index (χ1v) is 5.89. The minimum Gasteiger partial charge on any atom is -0.393 e. The highest BCUT2D eigenvalue weighted by Crippen LogP contribution is 2.28. The van der Waals surface area contributed by atoms with Crippen LogP contribution >= 0.6 is 11.6 Å². The number of aliphatic hydroxyl groups excluding tert-OH is 1. The molecule has 1 aromatic heterocycles. The molecule has 1 aliphatic rings. The van der Waals surface area contributed by atoms with Gasteiger partial charge in [0.2, 0.25) is 0 Å². The van der Waals surface area contributed by atoms with Gasteiger partial charge in [-0.15, -0.1) is 0 Å². The second-order valence-electron chi connectivity index (χ2n) is 4.13. The molecule has 4 N–H and O–H groups in total. The number of nitrogens with zero attached hydrogens (tertiary/aromatic N) is 2. The van der Waals surface area contributed by atoms with Crippen LogP contribution in [0.25, 0.3) is 0 Å². The lowest BCUT2D eigenvalue weighted by atomic mass is 10.1. The van der Waals surface area contributed by atoms with Gasteiger partial charge in [-0.05, 0) is 18.9 Å². The van der Waals surface area contributed by atoms with Crippen LogP contribution in [-0.4, -0.2) is 35.1 Å². The van der Waals surface area contributed by atoms with Gasteiger partial charge in [-0.25, -0.2) is 4.98 Å². The first-order valence-electron chi connectivity index (χ1n) is 5.51. The van der Waals surface area contributed by atoms with Crippen LogP contribution in [0.4, 0.5) is 5.82 Å². The Bertz CT molecular complexity index is 429. The summed E-state index contributed by atoms with van der Waals surface area (Å²) >= 11 is 6.19. The normalized spacial score (nSPS) is 17.2. The van der Waals surface area contributed by atoms with Gasteiger partial charge in [0.25, 0.3) is 0 Å². The minimum atomic E-state index is -0.235. The van der Waals surface area contributed by atoms with Crippen molar-refractivity contribution in [3.8, 4) is 0 Å². The third-order valence-electron chi connectivity index (χ3n) is 2.92. The van der Waals surface area contributed by atoms with E-state index < -0.39 is 0 Å². The van der Waals surface area contributed by atoms with Gasteiger partial charge in [0.15, 0.2) is 0 Å². The number of piperidine rings is 1. The first-order chi connectivity index (χ1) is 8.09. The predicted molar refractivity (Wildman–Crippen MR) is 67.7 cm³/mol. The van der Waals surface area contributed by atoms with E-state index >= 15 is 0 Å². The highest BCUT2D eigenvalue weighted by Gasteiger charge is 2.21. The molecule has 0 aliphatic carbocycles. The number of nitrogen functional groups attached to an aromatic ring is 1. The molecule has 0 radical (unpaired) electrons. The molecular formula is C11H15ClN4O. The van der Waals surface area contributed by atoms with Crippen LogP contribution in [0.2, 0.25) is 5.02 Å². The highest BCUT2D eigenvalue weighted by atomic mass is 35.5. The summed E-state index contributed by atoms with van der Waals surface area (Å²) in [6.07, 6.45) is 2.79. The number of hydrogen-bond acceptors (Lipinski definition) is 4. The number of aromatic nitrogens is 1. The van der Waals surface area contributed by atoms with Crippen molar-refractivity contribution in [1.29, 1.82) is 5.41 Å². The number of pyridine rings is 1. The molecule has 17 heavy (non-hydrogen) atoms. The smallest absolute Gasteiger partial charge is 0.148 e. The molecule has 1 aliphatic heterocycles. The summed E-state index contributed by atoms with van der Waals surface area (Å²) in [5.74, 6) is 0.585. The fourth-order valence-electron chi connectivity index (χ4n) is 1.94. The van der Waals surface area contributed by atoms with Crippen molar-refractivity contribution < 1.29 is 5.11 Å². The van der Waals surface area contributed by atoms with Gasteiger partial charge >= 0.3 is 0 Å². The van der Waals surface area contributed by atoms with Gasteiger partial charge in [-0.1, -0.05) is 11.6 Å². The van der Waals surface area contributed by atoms with E-state index in [9.17, 15) is 5.11 Å². The van der Waals surface area contributed by atoms with Crippen LogP contribution in [0, 0.1) is 5.41 Å². The van der Waals surface area contributed by atoms with Crippen LogP contribution in [0.15, 0.2) is 12.3 Å². The van der Waals surface area contributed by atoms with Gasteiger partial charge in [0.05, 0.1) is 11.1 Å². The van der Waals surface area contributed by atoms with Crippen molar-refractivity contribution in [2.24, 2.45) is 5.73 Å². The van der Waals surface area contributed by atoms with E-state index in [4.69, 9.17) is 22.7 Å². The number of halogens is 1. The van der Waals surface area contributed by atoms with Gasteiger partial charge < -0.3 is 15.7 Å². The van der Waals surface area contributed by atoms with Crippen molar-refractivity contribution in [3.05, 3.63) is 22.8 Å².